The van der Waals surface area contributed by atoms with Crippen LogP contribution in [0.5, 0.6) is 0 Å². The SMILES string of the molecule is CCCCCCCCCCCCC(=O)S(N)(=O)=O. The first-order chi connectivity index (χ1) is 8.48. The van der Waals surface area contributed by atoms with Gasteiger partial charge in [-0.15, -0.1) is 0 Å². The van der Waals surface area contributed by atoms with Crippen LogP contribution in [0.15, 0.2) is 0 Å². The van der Waals surface area contributed by atoms with Crippen LogP contribution in [0.4, 0.5) is 0 Å². The minimum Gasteiger partial charge on any atom is -0.280 e. The average Bonchev–Trinajstić information content (AvgIpc) is 2.30. The van der Waals surface area contributed by atoms with Gasteiger partial charge >= 0.3 is 0 Å². The molecule has 0 amide bonds. The predicted molar refractivity (Wildman–Crippen MR) is 74.6 cm³/mol. The van der Waals surface area contributed by atoms with E-state index in [1.807, 2.05) is 0 Å². The van der Waals surface area contributed by atoms with Crippen LogP contribution in [0, 0.1) is 0 Å². The zero-order valence-electron chi connectivity index (χ0n) is 11.5. The molecule has 0 aliphatic heterocycles. The van der Waals surface area contributed by atoms with Crippen LogP contribution in [-0.2, 0) is 14.8 Å². The molecule has 0 aromatic carbocycles. The largest absolute Gasteiger partial charge is 0.280 e. The molecule has 0 atom stereocenters. The Hall–Kier alpha value is -0.420. The fourth-order valence-corrected chi connectivity index (χ4v) is 2.33. The molecule has 0 saturated carbocycles. The van der Waals surface area contributed by atoms with Crippen LogP contribution in [0.3, 0.4) is 0 Å². The van der Waals surface area contributed by atoms with E-state index in [0.29, 0.717) is 6.42 Å². The smallest absolute Gasteiger partial charge is 0.271 e. The molecule has 0 saturated heterocycles. The van der Waals surface area contributed by atoms with E-state index < -0.39 is 15.1 Å². The van der Waals surface area contributed by atoms with Gasteiger partial charge in [-0.3, -0.25) is 4.79 Å². The second-order valence-electron chi connectivity index (χ2n) is 4.85. The molecule has 5 heteroatoms. The molecule has 0 heterocycles. The monoisotopic (exact) mass is 277 g/mol. The van der Waals surface area contributed by atoms with E-state index in [2.05, 4.69) is 6.92 Å². The third-order valence-electron chi connectivity index (χ3n) is 3.05. The number of sulfonamides is 1. The summed E-state index contributed by atoms with van der Waals surface area (Å²) in [6.07, 6.45) is 11.6. The van der Waals surface area contributed by atoms with Gasteiger partial charge < -0.3 is 0 Å². The number of primary sulfonamides is 1. The van der Waals surface area contributed by atoms with Crippen molar-refractivity contribution in [3.63, 3.8) is 0 Å². The summed E-state index contributed by atoms with van der Waals surface area (Å²) in [5.41, 5.74) is 0. The van der Waals surface area contributed by atoms with E-state index in [1.54, 1.807) is 0 Å². The van der Waals surface area contributed by atoms with Crippen molar-refractivity contribution in [2.24, 2.45) is 5.14 Å². The van der Waals surface area contributed by atoms with Gasteiger partial charge in [0.25, 0.3) is 15.1 Å². The Bertz CT molecular complexity index is 312. The molecule has 0 fully saturated rings. The lowest BCUT2D eigenvalue weighted by atomic mass is 10.1. The third kappa shape index (κ3) is 10.7. The second kappa shape index (κ2) is 10.5. The molecule has 4 nitrogen and oxygen atoms in total. The van der Waals surface area contributed by atoms with Crippen molar-refractivity contribution in [2.75, 3.05) is 0 Å². The highest BCUT2D eigenvalue weighted by molar-refractivity contribution is 8.04. The molecule has 0 bridgehead atoms. The lowest BCUT2D eigenvalue weighted by Gasteiger charge is -2.01. The van der Waals surface area contributed by atoms with Crippen LogP contribution in [-0.4, -0.2) is 13.5 Å². The summed E-state index contributed by atoms with van der Waals surface area (Å²) in [5, 5.41) is 3.89. The highest BCUT2D eigenvalue weighted by Crippen LogP contribution is 2.11. The molecule has 2 N–H and O–H groups in total. The Morgan fingerprint density at radius 2 is 1.22 bits per heavy atom. The fraction of sp³-hybridized carbons (Fsp3) is 0.923. The summed E-state index contributed by atoms with van der Waals surface area (Å²) < 4.78 is 21.3. The fourth-order valence-electron chi connectivity index (χ4n) is 1.90. The summed E-state index contributed by atoms with van der Waals surface area (Å²) in [6, 6.07) is 0. The maximum Gasteiger partial charge on any atom is 0.271 e. The summed E-state index contributed by atoms with van der Waals surface area (Å²) >= 11 is 0. The van der Waals surface area contributed by atoms with Gasteiger partial charge in [0, 0.05) is 6.42 Å². The van der Waals surface area contributed by atoms with E-state index in [9.17, 15) is 13.2 Å². The van der Waals surface area contributed by atoms with Gasteiger partial charge in [0.15, 0.2) is 0 Å². The zero-order valence-corrected chi connectivity index (χ0v) is 12.3. The lowest BCUT2D eigenvalue weighted by molar-refractivity contribution is -0.111. The number of hydrogen-bond acceptors (Lipinski definition) is 3. The lowest BCUT2D eigenvalue weighted by Crippen LogP contribution is -2.22. The number of hydrogen-bond donors (Lipinski definition) is 1. The Labute approximate surface area is 111 Å². The summed E-state index contributed by atoms with van der Waals surface area (Å²) in [4.78, 5) is 11.0. The Morgan fingerprint density at radius 3 is 1.61 bits per heavy atom. The van der Waals surface area contributed by atoms with Crippen LogP contribution in [0.1, 0.15) is 77.6 Å². The van der Waals surface area contributed by atoms with Gasteiger partial charge in [-0.25, -0.2) is 13.6 Å². The molecule has 0 unspecified atom stereocenters. The topological polar surface area (TPSA) is 77.2 Å². The van der Waals surface area contributed by atoms with Gasteiger partial charge in [0.1, 0.15) is 0 Å². The molecule has 0 aromatic rings. The van der Waals surface area contributed by atoms with Crippen molar-refractivity contribution in [1.29, 1.82) is 0 Å². The van der Waals surface area contributed by atoms with Crippen LogP contribution < -0.4 is 5.14 Å². The summed E-state index contributed by atoms with van der Waals surface area (Å²) in [5.74, 6) is 0. The van der Waals surface area contributed by atoms with Gasteiger partial charge in [-0.2, -0.15) is 0 Å². The number of rotatable bonds is 11. The maximum absolute atomic E-state index is 11.0. The molecular formula is C13H27NO3S. The Morgan fingerprint density at radius 1 is 0.833 bits per heavy atom. The first-order valence-corrected chi connectivity index (χ1v) is 8.58. The maximum atomic E-state index is 11.0. The first-order valence-electron chi connectivity index (χ1n) is 7.04. The summed E-state index contributed by atoms with van der Waals surface area (Å²) in [6.45, 7) is 2.21. The molecule has 0 spiro atoms. The summed E-state index contributed by atoms with van der Waals surface area (Å²) in [7, 11) is -3.95. The molecular weight excluding hydrogens is 250 g/mol. The molecule has 18 heavy (non-hydrogen) atoms. The Kier molecular flexibility index (Phi) is 10.3. The molecule has 0 radical (unpaired) electrons. The minimum absolute atomic E-state index is 0.0648. The molecule has 0 rings (SSSR count). The standard InChI is InChI=1S/C13H27NO3S/c1-2-3-4-5-6-7-8-9-10-11-12-13(15)18(14,16)17/h2-12H2,1H3,(H2,14,16,17). The van der Waals surface area contributed by atoms with E-state index in [1.165, 1.54) is 44.9 Å². The second-order valence-corrected chi connectivity index (χ2v) is 6.39. The number of unbranched alkanes of at least 4 members (excludes halogenated alkanes) is 9. The molecule has 0 aliphatic rings. The van der Waals surface area contributed by atoms with E-state index in [0.717, 1.165) is 12.8 Å². The third-order valence-corrected chi connectivity index (χ3v) is 3.89. The Balaban J connectivity index is 3.24. The van der Waals surface area contributed by atoms with Gasteiger partial charge in [-0.05, 0) is 6.42 Å². The van der Waals surface area contributed by atoms with Gasteiger partial charge in [-0.1, -0.05) is 64.7 Å². The van der Waals surface area contributed by atoms with Crippen LogP contribution in [0.2, 0.25) is 0 Å². The number of nitrogens with two attached hydrogens (primary N) is 1. The molecule has 0 aliphatic carbocycles. The van der Waals surface area contributed by atoms with Crippen molar-refractivity contribution in [1.82, 2.24) is 0 Å². The first kappa shape index (κ1) is 17.6. The minimum atomic E-state index is -3.95. The molecule has 108 valence electrons. The van der Waals surface area contributed by atoms with E-state index >= 15 is 0 Å². The van der Waals surface area contributed by atoms with Crippen molar-refractivity contribution in [3.8, 4) is 0 Å². The van der Waals surface area contributed by atoms with Crippen molar-refractivity contribution < 1.29 is 13.2 Å². The van der Waals surface area contributed by atoms with Crippen molar-refractivity contribution in [3.05, 3.63) is 0 Å². The van der Waals surface area contributed by atoms with Crippen molar-refractivity contribution >= 4 is 15.1 Å². The number of carbonyl (C=O) groups excluding carboxylic acids is 1. The average molecular weight is 277 g/mol. The van der Waals surface area contributed by atoms with E-state index in [-0.39, 0.29) is 6.42 Å². The van der Waals surface area contributed by atoms with Gasteiger partial charge in [0.05, 0.1) is 0 Å². The zero-order chi connectivity index (χ0) is 13.9. The van der Waals surface area contributed by atoms with Crippen molar-refractivity contribution in [2.45, 2.75) is 77.6 Å². The molecule has 0 aromatic heterocycles. The number of carbonyl (C=O) groups is 1. The van der Waals surface area contributed by atoms with E-state index in [4.69, 9.17) is 5.14 Å². The quantitative estimate of drug-likeness (QED) is 0.589. The van der Waals surface area contributed by atoms with Crippen LogP contribution in [0.25, 0.3) is 0 Å². The van der Waals surface area contributed by atoms with Gasteiger partial charge in [0.2, 0.25) is 0 Å². The van der Waals surface area contributed by atoms with Crippen LogP contribution >= 0.6 is 0 Å². The highest BCUT2D eigenvalue weighted by atomic mass is 32.2. The normalized spacial score (nSPS) is 11.7. The highest BCUT2D eigenvalue weighted by Gasteiger charge is 2.14. The predicted octanol–water partition coefficient (Wildman–Crippen LogP) is 3.11.